The van der Waals surface area contributed by atoms with Crippen LogP contribution in [0.2, 0.25) is 10.0 Å². The van der Waals surface area contributed by atoms with Crippen LogP contribution in [-0.4, -0.2) is 29.1 Å². The Morgan fingerprint density at radius 3 is 2.56 bits per heavy atom. The van der Waals surface area contributed by atoms with E-state index in [9.17, 15) is 0 Å². The second kappa shape index (κ2) is 6.76. The van der Waals surface area contributed by atoms with Crippen molar-refractivity contribution in [1.82, 2.24) is 5.32 Å². The highest BCUT2D eigenvalue weighted by atomic mass is 35.5. The molecule has 1 N–H and O–H groups in total. The van der Waals surface area contributed by atoms with E-state index in [1.54, 1.807) is 0 Å². The Morgan fingerprint density at radius 2 is 1.94 bits per heavy atom. The molecule has 0 bridgehead atoms. The van der Waals surface area contributed by atoms with Crippen molar-refractivity contribution in [2.45, 2.75) is 23.5 Å². The van der Waals surface area contributed by atoms with E-state index in [0.29, 0.717) is 26.6 Å². The third kappa shape index (κ3) is 3.31. The van der Waals surface area contributed by atoms with Crippen LogP contribution in [0.5, 0.6) is 0 Å². The highest BCUT2D eigenvalue weighted by molar-refractivity contribution is 8.07. The lowest BCUT2D eigenvalue weighted by Crippen LogP contribution is -2.36. The summed E-state index contributed by atoms with van der Waals surface area (Å²) < 4.78 is 0. The lowest BCUT2D eigenvalue weighted by atomic mass is 10.0. The number of rotatable bonds is 3. The van der Waals surface area contributed by atoms with Crippen molar-refractivity contribution in [3.63, 3.8) is 0 Å². The van der Waals surface area contributed by atoms with E-state index in [1.165, 1.54) is 17.1 Å². The van der Waals surface area contributed by atoms with Gasteiger partial charge in [0.2, 0.25) is 0 Å². The van der Waals surface area contributed by atoms with Gasteiger partial charge in [0.15, 0.2) is 0 Å². The topological polar surface area (TPSA) is 12.0 Å². The Bertz CT molecular complexity index is 414. The molecule has 1 aliphatic rings. The minimum absolute atomic E-state index is 0.326. The van der Waals surface area contributed by atoms with Gasteiger partial charge in [0.25, 0.3) is 0 Å². The molecule has 5 heteroatoms. The van der Waals surface area contributed by atoms with Crippen LogP contribution in [0.4, 0.5) is 0 Å². The van der Waals surface area contributed by atoms with Crippen molar-refractivity contribution in [2.24, 2.45) is 0 Å². The first-order chi connectivity index (χ1) is 8.63. The summed E-state index contributed by atoms with van der Waals surface area (Å²) in [6.45, 7) is 2.31. The van der Waals surface area contributed by atoms with Gasteiger partial charge in [-0.05, 0) is 24.7 Å². The van der Waals surface area contributed by atoms with Gasteiger partial charge in [-0.25, -0.2) is 0 Å². The number of hydrogen-bond donors (Lipinski definition) is 1. The second-order valence-corrected chi connectivity index (χ2v) is 7.94. The predicted octanol–water partition coefficient (Wildman–Crippen LogP) is 4.49. The second-order valence-electron chi connectivity index (χ2n) is 4.35. The quantitative estimate of drug-likeness (QED) is 0.880. The monoisotopic (exact) mass is 321 g/mol. The highest BCUT2D eigenvalue weighted by Gasteiger charge is 2.30. The molecule has 0 saturated carbocycles. The first-order valence-electron chi connectivity index (χ1n) is 5.99. The smallest absolute Gasteiger partial charge is 0.0595 e. The molecule has 0 aromatic heterocycles. The minimum atomic E-state index is 0.326. The molecular formula is C13H17Cl2NS2. The Balaban J connectivity index is 2.23. The maximum absolute atomic E-state index is 6.12. The fourth-order valence-corrected chi connectivity index (χ4v) is 5.54. The molecule has 1 aromatic rings. The number of halogens is 2. The molecule has 100 valence electrons. The zero-order valence-electron chi connectivity index (χ0n) is 10.5. The Hall–Kier alpha value is 0.460. The molecule has 1 saturated heterocycles. The van der Waals surface area contributed by atoms with Crippen LogP contribution in [-0.2, 0) is 0 Å². The minimum Gasteiger partial charge on any atom is -0.312 e. The molecule has 2 rings (SSSR count). The number of benzene rings is 1. The summed E-state index contributed by atoms with van der Waals surface area (Å²) in [4.78, 5) is 0. The van der Waals surface area contributed by atoms with Crippen molar-refractivity contribution in [1.29, 1.82) is 0 Å². The van der Waals surface area contributed by atoms with Crippen molar-refractivity contribution in [3.8, 4) is 0 Å². The van der Waals surface area contributed by atoms with Gasteiger partial charge in [-0.2, -0.15) is 23.5 Å². The van der Waals surface area contributed by atoms with E-state index in [0.717, 1.165) is 0 Å². The van der Waals surface area contributed by atoms with E-state index in [-0.39, 0.29) is 0 Å². The molecule has 1 nitrogen and oxygen atoms in total. The zero-order chi connectivity index (χ0) is 13.1. The van der Waals surface area contributed by atoms with Crippen LogP contribution in [0.25, 0.3) is 0 Å². The van der Waals surface area contributed by atoms with Crippen molar-refractivity contribution in [2.75, 3.05) is 18.6 Å². The molecule has 18 heavy (non-hydrogen) atoms. The van der Waals surface area contributed by atoms with Gasteiger partial charge in [-0.1, -0.05) is 36.2 Å². The highest BCUT2D eigenvalue weighted by Crippen LogP contribution is 2.39. The van der Waals surface area contributed by atoms with Crippen LogP contribution in [0.15, 0.2) is 18.2 Å². The van der Waals surface area contributed by atoms with E-state index in [1.807, 2.05) is 30.9 Å². The van der Waals surface area contributed by atoms with Crippen molar-refractivity contribution in [3.05, 3.63) is 33.8 Å². The maximum atomic E-state index is 6.12. The Kier molecular flexibility index (Phi) is 5.58. The zero-order valence-corrected chi connectivity index (χ0v) is 13.6. The molecule has 0 aliphatic carbocycles. The van der Waals surface area contributed by atoms with E-state index >= 15 is 0 Å². The van der Waals surface area contributed by atoms with E-state index in [4.69, 9.17) is 23.2 Å². The van der Waals surface area contributed by atoms with Crippen molar-refractivity contribution >= 4 is 46.7 Å². The summed E-state index contributed by atoms with van der Waals surface area (Å²) in [5.41, 5.74) is 1.22. The van der Waals surface area contributed by atoms with Gasteiger partial charge in [-0.3, -0.25) is 0 Å². The fraction of sp³-hybridized carbons (Fsp3) is 0.538. The molecular weight excluding hydrogens is 305 g/mol. The normalized spacial score (nSPS) is 26.0. The van der Waals surface area contributed by atoms with Gasteiger partial charge in [0.05, 0.1) is 10.0 Å². The lowest BCUT2D eigenvalue weighted by molar-refractivity contribution is 0.561. The number of hydrogen-bond acceptors (Lipinski definition) is 3. The van der Waals surface area contributed by atoms with Gasteiger partial charge in [-0.15, -0.1) is 0 Å². The first kappa shape index (κ1) is 14.9. The molecule has 1 aliphatic heterocycles. The van der Waals surface area contributed by atoms with Crippen LogP contribution in [0.1, 0.15) is 18.5 Å². The Morgan fingerprint density at radius 1 is 1.22 bits per heavy atom. The molecule has 3 atom stereocenters. The van der Waals surface area contributed by atoms with Crippen LogP contribution >= 0.6 is 46.7 Å². The van der Waals surface area contributed by atoms with Gasteiger partial charge < -0.3 is 5.32 Å². The molecule has 0 amide bonds. The molecule has 3 unspecified atom stereocenters. The average Bonchev–Trinajstić information content (AvgIpc) is 2.37. The van der Waals surface area contributed by atoms with Gasteiger partial charge in [0.1, 0.15) is 0 Å². The van der Waals surface area contributed by atoms with E-state index < -0.39 is 0 Å². The third-order valence-corrected chi connectivity index (χ3v) is 7.11. The molecule has 1 heterocycles. The summed E-state index contributed by atoms with van der Waals surface area (Å²) >= 11 is 16.2. The number of thioether (sulfide) groups is 2. The maximum Gasteiger partial charge on any atom is 0.0595 e. The lowest BCUT2D eigenvalue weighted by Gasteiger charge is -2.34. The van der Waals surface area contributed by atoms with Gasteiger partial charge >= 0.3 is 0 Å². The predicted molar refractivity (Wildman–Crippen MR) is 86.4 cm³/mol. The van der Waals surface area contributed by atoms with Gasteiger partial charge in [0, 0.05) is 28.0 Å². The van der Waals surface area contributed by atoms with Crippen LogP contribution < -0.4 is 5.32 Å². The summed E-state index contributed by atoms with van der Waals surface area (Å²) in [7, 11) is 2.01. The molecule has 1 fully saturated rings. The number of nitrogens with one attached hydrogen (secondary N) is 1. The first-order valence-corrected chi connectivity index (χ1v) is 8.84. The third-order valence-electron chi connectivity index (χ3n) is 3.18. The average molecular weight is 322 g/mol. The molecule has 0 spiro atoms. The van der Waals surface area contributed by atoms with Crippen LogP contribution in [0.3, 0.4) is 0 Å². The fourth-order valence-electron chi connectivity index (χ4n) is 2.24. The SMILES string of the molecule is CNC(c1ccc(Cl)c(Cl)c1)C1SCCSC1C. The standard InChI is InChI=1S/C13H17Cl2NS2/c1-8-13(18-6-5-17-8)12(16-2)9-3-4-10(14)11(15)7-9/h3-4,7-8,12-13,16H,5-6H2,1-2H3. The molecule has 1 aromatic carbocycles. The van der Waals surface area contributed by atoms with Crippen LogP contribution in [0, 0.1) is 0 Å². The molecule has 0 radical (unpaired) electrons. The Labute approximate surface area is 127 Å². The van der Waals surface area contributed by atoms with Crippen molar-refractivity contribution < 1.29 is 0 Å². The summed E-state index contributed by atoms with van der Waals surface area (Å²) in [5, 5.41) is 5.91. The summed E-state index contributed by atoms with van der Waals surface area (Å²) in [6, 6.07) is 6.27. The largest absolute Gasteiger partial charge is 0.312 e. The summed E-state index contributed by atoms with van der Waals surface area (Å²) in [5.74, 6) is 2.47. The summed E-state index contributed by atoms with van der Waals surface area (Å²) in [6.07, 6.45) is 0. The van der Waals surface area contributed by atoms with E-state index in [2.05, 4.69) is 30.1 Å².